The van der Waals surface area contributed by atoms with Gasteiger partial charge in [-0.2, -0.15) is 5.26 Å². The number of methoxy groups -OCH3 is 1. The molecule has 2 rings (SSSR count). The fourth-order valence-corrected chi connectivity index (χ4v) is 1.87. The van der Waals surface area contributed by atoms with Gasteiger partial charge in [0.15, 0.2) is 0 Å². The lowest BCUT2D eigenvalue weighted by Gasteiger charge is -2.10. The van der Waals surface area contributed by atoms with E-state index in [2.05, 4.69) is 16.1 Å². The van der Waals surface area contributed by atoms with Crippen LogP contribution < -0.4 is 11.1 Å². The summed E-state index contributed by atoms with van der Waals surface area (Å²) in [5.41, 5.74) is 9.31. The van der Waals surface area contributed by atoms with Crippen LogP contribution in [0.25, 0.3) is 0 Å². The van der Waals surface area contributed by atoms with Crippen molar-refractivity contribution in [2.45, 2.75) is 6.42 Å². The van der Waals surface area contributed by atoms with Crippen molar-refractivity contribution in [1.29, 1.82) is 5.26 Å². The highest BCUT2D eigenvalue weighted by Crippen LogP contribution is 2.24. The van der Waals surface area contributed by atoms with Gasteiger partial charge >= 0.3 is 5.97 Å². The van der Waals surface area contributed by atoms with E-state index in [4.69, 9.17) is 11.0 Å². The predicted octanol–water partition coefficient (Wildman–Crippen LogP) is 2.87. The fraction of sp³-hybridized carbons (Fsp3) is 0.125. The quantitative estimate of drug-likeness (QED) is 0.664. The van der Waals surface area contributed by atoms with E-state index in [-0.39, 0.29) is 0 Å². The third kappa shape index (κ3) is 3.51. The fourth-order valence-electron chi connectivity index (χ4n) is 1.87. The average molecular weight is 281 g/mol. The number of carbonyl (C=O) groups is 1. The number of nitrogen functional groups attached to an aromatic ring is 1. The molecular weight excluding hydrogens is 266 g/mol. The van der Waals surface area contributed by atoms with Crippen LogP contribution in [0, 0.1) is 11.3 Å². The summed E-state index contributed by atoms with van der Waals surface area (Å²) in [5.74, 6) is -0.422. The molecule has 0 spiro atoms. The normalized spacial score (nSPS) is 9.71. The molecule has 0 fully saturated rings. The van der Waals surface area contributed by atoms with Gasteiger partial charge in [0.05, 0.1) is 36.5 Å². The topological polar surface area (TPSA) is 88.1 Å². The van der Waals surface area contributed by atoms with Crippen LogP contribution in [0.3, 0.4) is 0 Å². The van der Waals surface area contributed by atoms with Gasteiger partial charge < -0.3 is 15.8 Å². The van der Waals surface area contributed by atoms with Crippen molar-refractivity contribution < 1.29 is 9.53 Å². The highest BCUT2D eigenvalue weighted by molar-refractivity contribution is 5.92. The number of hydrogen-bond acceptors (Lipinski definition) is 5. The molecular formula is C16H15N3O2. The SMILES string of the molecule is COC(=O)c1ccc(Nc2ccc(CC#N)cc2)c(N)c1. The number of nitrogens with zero attached hydrogens (tertiary/aromatic N) is 1. The number of benzene rings is 2. The highest BCUT2D eigenvalue weighted by atomic mass is 16.5. The van der Waals surface area contributed by atoms with Gasteiger partial charge in [-0.15, -0.1) is 0 Å². The first-order valence-electron chi connectivity index (χ1n) is 6.35. The zero-order valence-electron chi connectivity index (χ0n) is 11.6. The van der Waals surface area contributed by atoms with Crippen molar-refractivity contribution in [3.05, 3.63) is 53.6 Å². The van der Waals surface area contributed by atoms with Crippen LogP contribution in [0.5, 0.6) is 0 Å². The number of nitrogens with one attached hydrogen (secondary N) is 1. The monoisotopic (exact) mass is 281 g/mol. The Bertz CT molecular complexity index is 688. The molecule has 5 heteroatoms. The first-order chi connectivity index (χ1) is 10.1. The number of rotatable bonds is 4. The van der Waals surface area contributed by atoms with E-state index >= 15 is 0 Å². The standard InChI is InChI=1S/C16H15N3O2/c1-21-16(20)12-4-7-15(14(18)10-12)19-13-5-2-11(3-6-13)8-9-17/h2-7,10,19H,8,18H2,1H3. The molecule has 0 saturated heterocycles. The smallest absolute Gasteiger partial charge is 0.337 e. The van der Waals surface area contributed by atoms with Gasteiger partial charge in [-0.3, -0.25) is 0 Å². The lowest BCUT2D eigenvalue weighted by Crippen LogP contribution is -2.03. The molecule has 2 aromatic rings. The molecule has 5 nitrogen and oxygen atoms in total. The van der Waals surface area contributed by atoms with Crippen molar-refractivity contribution in [2.75, 3.05) is 18.2 Å². The number of carbonyl (C=O) groups excluding carboxylic acids is 1. The second kappa shape index (κ2) is 6.44. The molecule has 2 aromatic carbocycles. The van der Waals surface area contributed by atoms with Gasteiger partial charge in [0.25, 0.3) is 0 Å². The third-order valence-corrected chi connectivity index (χ3v) is 2.99. The average Bonchev–Trinajstić information content (AvgIpc) is 2.50. The molecule has 0 aliphatic heterocycles. The molecule has 0 radical (unpaired) electrons. The van der Waals surface area contributed by atoms with E-state index in [1.807, 2.05) is 24.3 Å². The van der Waals surface area contributed by atoms with E-state index < -0.39 is 5.97 Å². The predicted molar refractivity (Wildman–Crippen MR) is 81.2 cm³/mol. The number of esters is 1. The van der Waals surface area contributed by atoms with Crippen LogP contribution in [-0.2, 0) is 11.2 Å². The number of anilines is 3. The summed E-state index contributed by atoms with van der Waals surface area (Å²) < 4.78 is 4.64. The van der Waals surface area contributed by atoms with Crippen molar-refractivity contribution in [2.24, 2.45) is 0 Å². The van der Waals surface area contributed by atoms with E-state index in [1.165, 1.54) is 7.11 Å². The molecule has 21 heavy (non-hydrogen) atoms. The van der Waals surface area contributed by atoms with Crippen LogP contribution in [0.15, 0.2) is 42.5 Å². The molecule has 3 N–H and O–H groups in total. The Hall–Kier alpha value is -3.00. The minimum Gasteiger partial charge on any atom is -0.465 e. The number of nitrogens with two attached hydrogens (primary N) is 1. The highest BCUT2D eigenvalue weighted by Gasteiger charge is 2.08. The molecule has 0 aliphatic rings. The molecule has 0 aromatic heterocycles. The maximum Gasteiger partial charge on any atom is 0.337 e. The summed E-state index contributed by atoms with van der Waals surface area (Å²) in [5, 5.41) is 11.8. The van der Waals surface area contributed by atoms with E-state index in [0.717, 1.165) is 11.3 Å². The molecule has 0 bridgehead atoms. The van der Waals surface area contributed by atoms with Crippen LogP contribution in [0.2, 0.25) is 0 Å². The Labute approximate surface area is 123 Å². The largest absolute Gasteiger partial charge is 0.465 e. The van der Waals surface area contributed by atoms with Crippen LogP contribution in [0.4, 0.5) is 17.1 Å². The van der Waals surface area contributed by atoms with Gasteiger partial charge in [-0.1, -0.05) is 12.1 Å². The molecule has 0 heterocycles. The van der Waals surface area contributed by atoms with E-state index in [9.17, 15) is 4.79 Å². The molecule has 0 unspecified atom stereocenters. The zero-order valence-corrected chi connectivity index (χ0v) is 11.6. The van der Waals surface area contributed by atoms with Gasteiger partial charge in [0.1, 0.15) is 0 Å². The summed E-state index contributed by atoms with van der Waals surface area (Å²) in [6.07, 6.45) is 0.385. The van der Waals surface area contributed by atoms with E-state index in [0.29, 0.717) is 23.4 Å². The summed E-state index contributed by atoms with van der Waals surface area (Å²) >= 11 is 0. The minimum atomic E-state index is -0.422. The lowest BCUT2D eigenvalue weighted by atomic mass is 10.1. The molecule has 106 valence electrons. The number of nitriles is 1. The van der Waals surface area contributed by atoms with Crippen molar-refractivity contribution in [3.63, 3.8) is 0 Å². The second-order valence-corrected chi connectivity index (χ2v) is 4.45. The molecule has 0 aliphatic carbocycles. The Morgan fingerprint density at radius 3 is 2.57 bits per heavy atom. The van der Waals surface area contributed by atoms with Crippen molar-refractivity contribution in [1.82, 2.24) is 0 Å². The minimum absolute atomic E-state index is 0.385. The Balaban J connectivity index is 2.16. The Morgan fingerprint density at radius 1 is 1.29 bits per heavy atom. The summed E-state index contributed by atoms with van der Waals surface area (Å²) in [7, 11) is 1.33. The van der Waals surface area contributed by atoms with Crippen LogP contribution >= 0.6 is 0 Å². The van der Waals surface area contributed by atoms with Gasteiger partial charge in [0, 0.05) is 5.69 Å². The van der Waals surface area contributed by atoms with Gasteiger partial charge in [0.2, 0.25) is 0 Å². The summed E-state index contributed by atoms with van der Waals surface area (Å²) in [6.45, 7) is 0. The first-order valence-corrected chi connectivity index (χ1v) is 6.35. The molecule has 0 atom stereocenters. The first kappa shape index (κ1) is 14.4. The third-order valence-electron chi connectivity index (χ3n) is 2.99. The molecule has 0 saturated carbocycles. The zero-order chi connectivity index (χ0) is 15.2. The summed E-state index contributed by atoms with van der Waals surface area (Å²) in [4.78, 5) is 11.4. The summed E-state index contributed by atoms with van der Waals surface area (Å²) in [6, 6.07) is 14.6. The van der Waals surface area contributed by atoms with Gasteiger partial charge in [-0.25, -0.2) is 4.79 Å². The van der Waals surface area contributed by atoms with E-state index in [1.54, 1.807) is 18.2 Å². The maximum atomic E-state index is 11.4. The number of ether oxygens (including phenoxy) is 1. The van der Waals surface area contributed by atoms with Crippen molar-refractivity contribution >= 4 is 23.0 Å². The Morgan fingerprint density at radius 2 is 2.00 bits per heavy atom. The molecule has 0 amide bonds. The van der Waals surface area contributed by atoms with Crippen LogP contribution in [0.1, 0.15) is 15.9 Å². The maximum absolute atomic E-state index is 11.4. The van der Waals surface area contributed by atoms with Crippen LogP contribution in [-0.4, -0.2) is 13.1 Å². The van der Waals surface area contributed by atoms with Crippen molar-refractivity contribution in [3.8, 4) is 6.07 Å². The van der Waals surface area contributed by atoms with Gasteiger partial charge in [-0.05, 0) is 35.9 Å². The lowest BCUT2D eigenvalue weighted by molar-refractivity contribution is 0.0601. The Kier molecular flexibility index (Phi) is 4.42. The number of hydrogen-bond donors (Lipinski definition) is 2. The second-order valence-electron chi connectivity index (χ2n) is 4.45.